The van der Waals surface area contributed by atoms with Gasteiger partial charge in [-0.05, 0) is 31.3 Å². The van der Waals surface area contributed by atoms with Crippen LogP contribution >= 0.6 is 0 Å². The van der Waals surface area contributed by atoms with Crippen LogP contribution in [-0.2, 0) is 14.4 Å². The first-order valence-electron chi connectivity index (χ1n) is 9.21. The first-order valence-corrected chi connectivity index (χ1v) is 9.21. The van der Waals surface area contributed by atoms with Crippen LogP contribution in [0, 0.1) is 11.3 Å². The molecule has 1 aliphatic heterocycles. The van der Waals surface area contributed by atoms with Gasteiger partial charge >= 0.3 is 0 Å². The molecule has 0 bridgehead atoms. The molecule has 150 valence electrons. The quantitative estimate of drug-likeness (QED) is 0.370. The highest BCUT2D eigenvalue weighted by atomic mass is 16.5. The van der Waals surface area contributed by atoms with Crippen LogP contribution in [0.1, 0.15) is 40.0 Å². The maximum Gasteiger partial charge on any atom is 0.245 e. The highest BCUT2D eigenvalue weighted by molar-refractivity contribution is 5.89. The van der Waals surface area contributed by atoms with E-state index in [1.54, 1.807) is 14.1 Å². The van der Waals surface area contributed by atoms with E-state index in [1.165, 1.54) is 11.3 Å². The first kappa shape index (κ1) is 22.4. The number of carbonyl (C=O) groups is 3. The summed E-state index contributed by atoms with van der Waals surface area (Å²) in [6, 6.07) is -0.683. The molecule has 0 saturated carbocycles. The average Bonchev–Trinajstić information content (AvgIpc) is 2.57. The Labute approximate surface area is 156 Å². The summed E-state index contributed by atoms with van der Waals surface area (Å²) in [5.74, 6) is -1.12. The second-order valence-corrected chi connectivity index (χ2v) is 8.33. The summed E-state index contributed by atoms with van der Waals surface area (Å²) in [7, 11) is 3.31. The number of amides is 3. The largest absolute Gasteiger partial charge is 0.347 e. The Morgan fingerprint density at radius 3 is 2.23 bits per heavy atom. The third kappa shape index (κ3) is 6.92. The summed E-state index contributed by atoms with van der Waals surface area (Å²) in [4.78, 5) is 39.8. The van der Waals surface area contributed by atoms with Crippen LogP contribution in [0.4, 0.5) is 0 Å². The van der Waals surface area contributed by atoms with Crippen LogP contribution in [0.25, 0.3) is 0 Å². The fraction of sp³-hybridized carbons (Fsp3) is 0.833. The molecule has 2 N–H and O–H groups in total. The normalized spacial score (nSPS) is 17.9. The average molecular weight is 370 g/mol. The molecule has 8 nitrogen and oxygen atoms in total. The lowest BCUT2D eigenvalue weighted by Crippen LogP contribution is -2.56. The number of piperidine rings is 1. The maximum absolute atomic E-state index is 12.9. The van der Waals surface area contributed by atoms with Gasteiger partial charge in [-0.15, -0.1) is 0 Å². The molecule has 0 aliphatic carbocycles. The zero-order chi connectivity index (χ0) is 19.9. The van der Waals surface area contributed by atoms with Crippen molar-refractivity contribution in [3.63, 3.8) is 0 Å². The standard InChI is InChI=1S/C18H34N4O4/c1-18(2,3)15(17(25)20(4)5)19-16(24)14(12-22(26)13-23)11-21-9-7-6-8-10-21/h13-15,26H,6-12H2,1-5H3,(H,19,24). The van der Waals surface area contributed by atoms with E-state index in [0.717, 1.165) is 25.9 Å². The molecule has 0 aromatic heterocycles. The Kier molecular flexibility index (Phi) is 8.49. The van der Waals surface area contributed by atoms with Crippen molar-refractivity contribution in [2.75, 3.05) is 40.3 Å². The number of likely N-dealkylation sites (N-methyl/N-ethyl adjacent to an activating group) is 1. The molecule has 1 rings (SSSR count). The van der Waals surface area contributed by atoms with Gasteiger partial charge in [0.1, 0.15) is 6.04 Å². The SMILES string of the molecule is CN(C)C(=O)C(NC(=O)C(CN(O)C=O)CN1CCCCC1)C(C)(C)C. The van der Waals surface area contributed by atoms with Crippen LogP contribution in [0.5, 0.6) is 0 Å². The molecule has 1 aliphatic rings. The molecular formula is C18H34N4O4. The van der Waals surface area contributed by atoms with Crippen molar-refractivity contribution in [1.82, 2.24) is 20.2 Å². The number of nitrogens with zero attached hydrogens (tertiary/aromatic N) is 3. The van der Waals surface area contributed by atoms with E-state index in [0.29, 0.717) is 18.0 Å². The van der Waals surface area contributed by atoms with Crippen molar-refractivity contribution in [2.45, 2.75) is 46.1 Å². The first-order chi connectivity index (χ1) is 12.1. The molecule has 2 atom stereocenters. The number of likely N-dealkylation sites (tertiary alicyclic amines) is 1. The molecule has 0 spiro atoms. The summed E-state index contributed by atoms with van der Waals surface area (Å²) in [5.41, 5.74) is -0.462. The third-order valence-corrected chi connectivity index (χ3v) is 4.67. The van der Waals surface area contributed by atoms with Gasteiger partial charge in [0.2, 0.25) is 18.2 Å². The van der Waals surface area contributed by atoms with Crippen molar-refractivity contribution < 1.29 is 19.6 Å². The number of hydrogen-bond donors (Lipinski definition) is 2. The van der Waals surface area contributed by atoms with Gasteiger partial charge in [-0.3, -0.25) is 19.6 Å². The molecule has 1 heterocycles. The summed E-state index contributed by atoms with van der Waals surface area (Å²) in [6.45, 7) is 7.82. The fourth-order valence-electron chi connectivity index (χ4n) is 3.11. The lowest BCUT2D eigenvalue weighted by molar-refractivity contribution is -0.156. The van der Waals surface area contributed by atoms with Crippen LogP contribution in [0.15, 0.2) is 0 Å². The van der Waals surface area contributed by atoms with Crippen molar-refractivity contribution >= 4 is 18.2 Å². The molecule has 1 saturated heterocycles. The van der Waals surface area contributed by atoms with Gasteiger partial charge in [-0.25, -0.2) is 5.06 Å². The van der Waals surface area contributed by atoms with Crippen LogP contribution in [0.2, 0.25) is 0 Å². The van der Waals surface area contributed by atoms with Gasteiger partial charge in [0.05, 0.1) is 12.5 Å². The number of rotatable bonds is 8. The third-order valence-electron chi connectivity index (χ3n) is 4.67. The Morgan fingerprint density at radius 2 is 1.77 bits per heavy atom. The van der Waals surface area contributed by atoms with E-state index in [-0.39, 0.29) is 18.4 Å². The highest BCUT2D eigenvalue weighted by Gasteiger charge is 2.36. The van der Waals surface area contributed by atoms with Crippen molar-refractivity contribution in [2.24, 2.45) is 11.3 Å². The summed E-state index contributed by atoms with van der Waals surface area (Å²) >= 11 is 0. The van der Waals surface area contributed by atoms with E-state index in [9.17, 15) is 19.6 Å². The van der Waals surface area contributed by atoms with E-state index < -0.39 is 17.4 Å². The molecule has 3 amide bonds. The van der Waals surface area contributed by atoms with Gasteiger partial charge in [0, 0.05) is 20.6 Å². The Balaban J connectivity index is 2.89. The molecule has 0 aromatic carbocycles. The fourth-order valence-corrected chi connectivity index (χ4v) is 3.11. The van der Waals surface area contributed by atoms with E-state index in [4.69, 9.17) is 0 Å². The molecular weight excluding hydrogens is 336 g/mol. The van der Waals surface area contributed by atoms with Crippen LogP contribution in [-0.4, -0.2) is 84.6 Å². The van der Waals surface area contributed by atoms with E-state index in [1.807, 2.05) is 20.8 Å². The second kappa shape index (κ2) is 9.87. The highest BCUT2D eigenvalue weighted by Crippen LogP contribution is 2.21. The van der Waals surface area contributed by atoms with Crippen LogP contribution in [0.3, 0.4) is 0 Å². The molecule has 8 heteroatoms. The van der Waals surface area contributed by atoms with Crippen molar-refractivity contribution in [1.29, 1.82) is 0 Å². The van der Waals surface area contributed by atoms with Gasteiger partial charge in [0.15, 0.2) is 0 Å². The monoisotopic (exact) mass is 370 g/mol. The number of nitrogens with one attached hydrogen (secondary N) is 1. The zero-order valence-electron chi connectivity index (χ0n) is 16.7. The number of hydrogen-bond acceptors (Lipinski definition) is 5. The second-order valence-electron chi connectivity index (χ2n) is 8.33. The van der Waals surface area contributed by atoms with Gasteiger partial charge < -0.3 is 15.1 Å². The summed E-state index contributed by atoms with van der Waals surface area (Å²) in [6.07, 6.45) is 3.63. The Hall–Kier alpha value is -1.67. The number of carbonyl (C=O) groups excluding carboxylic acids is 3. The summed E-state index contributed by atoms with van der Waals surface area (Å²) < 4.78 is 0. The van der Waals surface area contributed by atoms with E-state index in [2.05, 4.69) is 10.2 Å². The Morgan fingerprint density at radius 1 is 1.19 bits per heavy atom. The van der Waals surface area contributed by atoms with Gasteiger partial charge in [-0.1, -0.05) is 27.2 Å². The molecule has 1 fully saturated rings. The van der Waals surface area contributed by atoms with Gasteiger partial charge in [0.25, 0.3) is 0 Å². The van der Waals surface area contributed by atoms with Crippen molar-refractivity contribution in [3.8, 4) is 0 Å². The molecule has 26 heavy (non-hydrogen) atoms. The number of hydroxylamine groups is 2. The minimum absolute atomic E-state index is 0.0984. The minimum atomic E-state index is -0.683. The van der Waals surface area contributed by atoms with Crippen LogP contribution < -0.4 is 5.32 Å². The predicted molar refractivity (Wildman–Crippen MR) is 98.4 cm³/mol. The summed E-state index contributed by atoms with van der Waals surface area (Å²) in [5, 5.41) is 12.9. The molecule has 2 unspecified atom stereocenters. The lowest BCUT2D eigenvalue weighted by atomic mass is 9.85. The zero-order valence-corrected chi connectivity index (χ0v) is 16.7. The topological polar surface area (TPSA) is 93.2 Å². The smallest absolute Gasteiger partial charge is 0.245 e. The lowest BCUT2D eigenvalue weighted by Gasteiger charge is -2.35. The predicted octanol–water partition coefficient (Wildman–Crippen LogP) is 0.555. The molecule has 0 aromatic rings. The van der Waals surface area contributed by atoms with E-state index >= 15 is 0 Å². The maximum atomic E-state index is 12.9. The molecule has 0 radical (unpaired) electrons. The Bertz CT molecular complexity index is 484. The minimum Gasteiger partial charge on any atom is -0.347 e. The van der Waals surface area contributed by atoms with Gasteiger partial charge in [-0.2, -0.15) is 0 Å². The van der Waals surface area contributed by atoms with Crippen molar-refractivity contribution in [3.05, 3.63) is 0 Å².